The minimum Gasteiger partial charge on any atom is -0.394 e. The number of hydrogen-bond donors (Lipinski definition) is 4. The lowest BCUT2D eigenvalue weighted by molar-refractivity contribution is -0.0522. The van der Waals surface area contributed by atoms with Gasteiger partial charge in [-0.05, 0) is 37.1 Å². The van der Waals surface area contributed by atoms with Crippen LogP contribution in [0.2, 0.25) is 0 Å². The van der Waals surface area contributed by atoms with Gasteiger partial charge in [0.25, 0.3) is 0 Å². The summed E-state index contributed by atoms with van der Waals surface area (Å²) in [6.45, 7) is 3.44. The van der Waals surface area contributed by atoms with E-state index in [0.29, 0.717) is 11.0 Å². The molecule has 2 aromatic rings. The summed E-state index contributed by atoms with van der Waals surface area (Å²) in [4.78, 5) is 14.9. The van der Waals surface area contributed by atoms with E-state index in [9.17, 15) is 15.0 Å². The SMILES string of the molecule is Cc1cc2[nH]c(=O)n([C@H]3O[C@@H](CO)[C@@H](O)[C@H]3O)c2cc1C. The molecule has 114 valence electrons. The van der Waals surface area contributed by atoms with Gasteiger partial charge in [0.05, 0.1) is 17.6 Å². The summed E-state index contributed by atoms with van der Waals surface area (Å²) < 4.78 is 6.71. The number of aromatic amines is 1. The zero-order chi connectivity index (χ0) is 15.3. The Morgan fingerprint density at radius 1 is 1.24 bits per heavy atom. The molecule has 4 atom stereocenters. The van der Waals surface area contributed by atoms with Crippen molar-refractivity contribution in [2.45, 2.75) is 38.4 Å². The molecule has 0 radical (unpaired) electrons. The molecule has 0 aliphatic carbocycles. The van der Waals surface area contributed by atoms with Crippen LogP contribution in [-0.4, -0.2) is 49.8 Å². The number of aromatic nitrogens is 2. The molecule has 3 rings (SSSR count). The lowest BCUT2D eigenvalue weighted by Gasteiger charge is -2.16. The first-order valence-electron chi connectivity index (χ1n) is 6.78. The molecule has 1 fully saturated rings. The lowest BCUT2D eigenvalue weighted by Crippen LogP contribution is -2.34. The van der Waals surface area contributed by atoms with Gasteiger partial charge >= 0.3 is 5.69 Å². The molecule has 1 aliphatic heterocycles. The third-order valence-electron chi connectivity index (χ3n) is 4.10. The van der Waals surface area contributed by atoms with Crippen LogP contribution in [0.3, 0.4) is 0 Å². The number of fused-ring (bicyclic) bond motifs is 1. The minimum atomic E-state index is -1.28. The van der Waals surface area contributed by atoms with Gasteiger partial charge in [0.15, 0.2) is 6.23 Å². The summed E-state index contributed by atoms with van der Waals surface area (Å²) in [6.07, 6.45) is -4.45. The molecule has 1 saturated heterocycles. The Balaban J connectivity index is 2.15. The van der Waals surface area contributed by atoms with Crippen molar-refractivity contribution in [2.24, 2.45) is 0 Å². The fraction of sp³-hybridized carbons (Fsp3) is 0.500. The van der Waals surface area contributed by atoms with Gasteiger partial charge in [-0.25, -0.2) is 4.79 Å². The van der Waals surface area contributed by atoms with E-state index in [1.54, 1.807) is 0 Å². The maximum Gasteiger partial charge on any atom is 0.328 e. The number of nitrogens with one attached hydrogen (secondary N) is 1. The van der Waals surface area contributed by atoms with E-state index in [1.807, 2.05) is 26.0 Å². The third-order valence-corrected chi connectivity index (χ3v) is 4.10. The van der Waals surface area contributed by atoms with E-state index in [1.165, 1.54) is 4.57 Å². The number of ether oxygens (including phenoxy) is 1. The van der Waals surface area contributed by atoms with Gasteiger partial charge in [0, 0.05) is 0 Å². The Morgan fingerprint density at radius 2 is 1.90 bits per heavy atom. The van der Waals surface area contributed by atoms with Crippen molar-refractivity contribution < 1.29 is 20.1 Å². The van der Waals surface area contributed by atoms with Gasteiger partial charge in [-0.2, -0.15) is 0 Å². The first-order valence-corrected chi connectivity index (χ1v) is 6.78. The molecule has 7 heteroatoms. The molecule has 1 aliphatic rings. The highest BCUT2D eigenvalue weighted by Crippen LogP contribution is 2.31. The number of nitrogens with zero attached hydrogens (tertiary/aromatic N) is 1. The summed E-state index contributed by atoms with van der Waals surface area (Å²) in [6, 6.07) is 3.68. The molecule has 0 unspecified atom stereocenters. The average molecular weight is 294 g/mol. The van der Waals surface area contributed by atoms with Crippen molar-refractivity contribution in [3.8, 4) is 0 Å². The number of aliphatic hydroxyl groups excluding tert-OH is 3. The van der Waals surface area contributed by atoms with Crippen molar-refractivity contribution in [3.05, 3.63) is 33.7 Å². The molecule has 2 heterocycles. The van der Waals surface area contributed by atoms with Gasteiger partial charge in [-0.1, -0.05) is 0 Å². The van der Waals surface area contributed by atoms with Crippen LogP contribution in [0.25, 0.3) is 11.0 Å². The summed E-state index contributed by atoms with van der Waals surface area (Å²) in [7, 11) is 0. The van der Waals surface area contributed by atoms with Crippen LogP contribution < -0.4 is 5.69 Å². The van der Waals surface area contributed by atoms with Crippen LogP contribution in [0.1, 0.15) is 17.4 Å². The Hall–Kier alpha value is -1.67. The maximum absolute atomic E-state index is 12.2. The fourth-order valence-corrected chi connectivity index (χ4v) is 2.73. The summed E-state index contributed by atoms with van der Waals surface area (Å²) >= 11 is 0. The first kappa shape index (κ1) is 14.3. The van der Waals surface area contributed by atoms with Gasteiger partial charge in [0.2, 0.25) is 0 Å². The van der Waals surface area contributed by atoms with Crippen molar-refractivity contribution in [3.63, 3.8) is 0 Å². The smallest absolute Gasteiger partial charge is 0.328 e. The highest BCUT2D eigenvalue weighted by atomic mass is 16.6. The van der Waals surface area contributed by atoms with Crippen LogP contribution in [0.4, 0.5) is 0 Å². The molecular weight excluding hydrogens is 276 g/mol. The molecule has 1 aromatic heterocycles. The second-order valence-electron chi connectivity index (χ2n) is 5.48. The normalized spacial score (nSPS) is 29.4. The predicted molar refractivity (Wildman–Crippen MR) is 75.0 cm³/mol. The maximum atomic E-state index is 12.2. The zero-order valence-electron chi connectivity index (χ0n) is 11.8. The van der Waals surface area contributed by atoms with Crippen LogP contribution in [0.5, 0.6) is 0 Å². The van der Waals surface area contributed by atoms with Crippen molar-refractivity contribution >= 4 is 11.0 Å². The standard InChI is InChI=1S/C14H18N2O5/c1-6-3-8-9(4-7(6)2)16(14(20)15-8)13-12(19)11(18)10(5-17)21-13/h3-4,10-13,17-19H,5H2,1-2H3,(H,15,20)/t10-,11+,12+,13-/m0/s1. The number of hydrogen-bond acceptors (Lipinski definition) is 5. The van der Waals surface area contributed by atoms with Crippen LogP contribution in [0.15, 0.2) is 16.9 Å². The topological polar surface area (TPSA) is 108 Å². The van der Waals surface area contributed by atoms with Crippen molar-refractivity contribution in [2.75, 3.05) is 6.61 Å². The predicted octanol–water partition coefficient (Wildman–Crippen LogP) is -0.442. The van der Waals surface area contributed by atoms with Crippen LogP contribution in [-0.2, 0) is 4.74 Å². The van der Waals surface area contributed by atoms with E-state index in [-0.39, 0.29) is 0 Å². The molecular formula is C14H18N2O5. The van der Waals surface area contributed by atoms with E-state index in [4.69, 9.17) is 9.84 Å². The summed E-state index contributed by atoms with van der Waals surface area (Å²) in [5.41, 5.74) is 2.85. The Kier molecular flexibility index (Phi) is 3.37. The largest absolute Gasteiger partial charge is 0.394 e. The van der Waals surface area contributed by atoms with Gasteiger partial charge < -0.3 is 25.0 Å². The number of rotatable bonds is 2. The molecule has 0 bridgehead atoms. The number of imidazole rings is 1. The Labute approximate surface area is 120 Å². The number of benzene rings is 1. The van der Waals surface area contributed by atoms with E-state index < -0.39 is 36.8 Å². The number of aryl methyl sites for hydroxylation is 2. The van der Waals surface area contributed by atoms with Gasteiger partial charge in [0.1, 0.15) is 18.3 Å². The quantitative estimate of drug-likeness (QED) is 0.600. The molecule has 0 amide bonds. The molecule has 4 N–H and O–H groups in total. The molecule has 0 spiro atoms. The Morgan fingerprint density at radius 3 is 2.52 bits per heavy atom. The third kappa shape index (κ3) is 2.09. The molecule has 0 saturated carbocycles. The first-order chi connectivity index (χ1) is 9.93. The summed E-state index contributed by atoms with van der Waals surface area (Å²) in [5, 5.41) is 29.0. The molecule has 7 nitrogen and oxygen atoms in total. The second kappa shape index (κ2) is 4.96. The Bertz CT molecular complexity index is 735. The zero-order valence-corrected chi connectivity index (χ0v) is 11.8. The van der Waals surface area contributed by atoms with E-state index in [0.717, 1.165) is 11.1 Å². The minimum absolute atomic E-state index is 0.426. The van der Waals surface area contributed by atoms with E-state index in [2.05, 4.69) is 4.98 Å². The highest BCUT2D eigenvalue weighted by Gasteiger charge is 2.44. The highest BCUT2D eigenvalue weighted by molar-refractivity contribution is 5.77. The molecule has 1 aromatic carbocycles. The molecule has 21 heavy (non-hydrogen) atoms. The van der Waals surface area contributed by atoms with Gasteiger partial charge in [-0.3, -0.25) is 4.57 Å². The van der Waals surface area contributed by atoms with Gasteiger partial charge in [-0.15, -0.1) is 0 Å². The number of H-pyrrole nitrogens is 1. The fourth-order valence-electron chi connectivity index (χ4n) is 2.73. The average Bonchev–Trinajstić information content (AvgIpc) is 2.89. The van der Waals surface area contributed by atoms with Crippen LogP contribution in [0, 0.1) is 13.8 Å². The summed E-state index contributed by atoms with van der Waals surface area (Å²) in [5.74, 6) is 0. The van der Waals surface area contributed by atoms with E-state index >= 15 is 0 Å². The van der Waals surface area contributed by atoms with Crippen molar-refractivity contribution in [1.29, 1.82) is 0 Å². The van der Waals surface area contributed by atoms with Crippen LogP contribution >= 0.6 is 0 Å². The lowest BCUT2D eigenvalue weighted by atomic mass is 10.1. The number of aliphatic hydroxyl groups is 3. The monoisotopic (exact) mass is 294 g/mol. The van der Waals surface area contributed by atoms with Crippen molar-refractivity contribution in [1.82, 2.24) is 9.55 Å². The second-order valence-corrected chi connectivity index (χ2v) is 5.48.